The maximum Gasteiger partial charge on any atom is 0.228 e. The fourth-order valence-electron chi connectivity index (χ4n) is 1.38. The SMILES string of the molecule is CCC(C)Oc1cccc(NC(=S)NC(=O)C(C)C)c1. The summed E-state index contributed by atoms with van der Waals surface area (Å²) in [5.41, 5.74) is 0.792. The number of carbonyl (C=O) groups excluding carboxylic acids is 1. The number of benzene rings is 1. The molecule has 5 heteroatoms. The highest BCUT2D eigenvalue weighted by Gasteiger charge is 2.09. The molecule has 0 saturated heterocycles. The van der Waals surface area contributed by atoms with Crippen LogP contribution in [-0.2, 0) is 4.79 Å². The number of rotatable bonds is 5. The van der Waals surface area contributed by atoms with Gasteiger partial charge in [-0.1, -0.05) is 26.8 Å². The van der Waals surface area contributed by atoms with Gasteiger partial charge in [-0.15, -0.1) is 0 Å². The number of carbonyl (C=O) groups is 1. The lowest BCUT2D eigenvalue weighted by Crippen LogP contribution is -2.36. The molecule has 1 atom stereocenters. The van der Waals surface area contributed by atoms with Crippen molar-refractivity contribution in [2.75, 3.05) is 5.32 Å². The summed E-state index contributed by atoms with van der Waals surface area (Å²) >= 11 is 5.10. The highest BCUT2D eigenvalue weighted by molar-refractivity contribution is 7.80. The Morgan fingerprint density at radius 2 is 2.05 bits per heavy atom. The number of thiocarbonyl (C=S) groups is 1. The molecular weight excluding hydrogens is 272 g/mol. The van der Waals surface area contributed by atoms with Crippen LogP contribution >= 0.6 is 12.2 Å². The summed E-state index contributed by atoms with van der Waals surface area (Å²) in [6.45, 7) is 7.73. The molecule has 4 nitrogen and oxygen atoms in total. The van der Waals surface area contributed by atoms with Crippen LogP contribution in [0.25, 0.3) is 0 Å². The fraction of sp³-hybridized carbons (Fsp3) is 0.467. The predicted molar refractivity (Wildman–Crippen MR) is 86.0 cm³/mol. The fourth-order valence-corrected chi connectivity index (χ4v) is 1.60. The predicted octanol–water partition coefficient (Wildman–Crippen LogP) is 3.33. The lowest BCUT2D eigenvalue weighted by molar-refractivity contribution is -0.122. The lowest BCUT2D eigenvalue weighted by Gasteiger charge is -2.15. The Hall–Kier alpha value is -1.62. The van der Waals surface area contributed by atoms with Crippen LogP contribution in [0.1, 0.15) is 34.1 Å². The van der Waals surface area contributed by atoms with E-state index in [9.17, 15) is 4.79 Å². The minimum Gasteiger partial charge on any atom is -0.491 e. The summed E-state index contributed by atoms with van der Waals surface area (Å²) in [5.74, 6) is 0.576. The van der Waals surface area contributed by atoms with Gasteiger partial charge in [0.1, 0.15) is 5.75 Å². The second-order valence-corrected chi connectivity index (χ2v) is 5.37. The van der Waals surface area contributed by atoms with E-state index in [1.54, 1.807) is 0 Å². The number of ether oxygens (including phenoxy) is 1. The normalized spacial score (nSPS) is 11.8. The molecule has 0 spiro atoms. The largest absolute Gasteiger partial charge is 0.491 e. The van der Waals surface area contributed by atoms with Crippen LogP contribution in [0.4, 0.5) is 5.69 Å². The molecule has 0 heterocycles. The quantitative estimate of drug-likeness (QED) is 0.818. The highest BCUT2D eigenvalue weighted by atomic mass is 32.1. The van der Waals surface area contributed by atoms with Crippen molar-refractivity contribution in [2.24, 2.45) is 5.92 Å². The molecule has 0 radical (unpaired) electrons. The van der Waals surface area contributed by atoms with E-state index >= 15 is 0 Å². The van der Waals surface area contributed by atoms with Crippen LogP contribution in [0.15, 0.2) is 24.3 Å². The Morgan fingerprint density at radius 3 is 2.65 bits per heavy atom. The Bertz CT molecular complexity index is 475. The van der Waals surface area contributed by atoms with Gasteiger partial charge in [-0.25, -0.2) is 0 Å². The molecule has 0 bridgehead atoms. The summed E-state index contributed by atoms with van der Waals surface area (Å²) < 4.78 is 5.73. The zero-order chi connectivity index (χ0) is 15.1. The number of nitrogens with one attached hydrogen (secondary N) is 2. The summed E-state index contributed by atoms with van der Waals surface area (Å²) in [6.07, 6.45) is 1.11. The third-order valence-corrected chi connectivity index (χ3v) is 2.97. The van der Waals surface area contributed by atoms with Gasteiger partial charge in [-0.2, -0.15) is 0 Å². The molecule has 0 fully saturated rings. The zero-order valence-electron chi connectivity index (χ0n) is 12.4. The average molecular weight is 294 g/mol. The van der Waals surface area contributed by atoms with Crippen molar-refractivity contribution in [1.82, 2.24) is 5.32 Å². The third-order valence-electron chi connectivity index (χ3n) is 2.77. The van der Waals surface area contributed by atoms with Gasteiger partial charge in [0, 0.05) is 17.7 Å². The van der Waals surface area contributed by atoms with Crippen LogP contribution in [0.5, 0.6) is 5.75 Å². The number of amides is 1. The molecule has 0 aromatic heterocycles. The summed E-state index contributed by atoms with van der Waals surface area (Å²) in [7, 11) is 0. The monoisotopic (exact) mass is 294 g/mol. The summed E-state index contributed by atoms with van der Waals surface area (Å²) in [6, 6.07) is 7.51. The first kappa shape index (κ1) is 16.4. The molecule has 0 aliphatic heterocycles. The second-order valence-electron chi connectivity index (χ2n) is 4.96. The van der Waals surface area contributed by atoms with Crippen LogP contribution in [0.2, 0.25) is 0 Å². The van der Waals surface area contributed by atoms with Crippen LogP contribution in [0.3, 0.4) is 0 Å². The minimum atomic E-state index is -0.102. The van der Waals surface area contributed by atoms with E-state index in [1.807, 2.05) is 45.0 Å². The van der Waals surface area contributed by atoms with E-state index in [2.05, 4.69) is 17.6 Å². The average Bonchev–Trinajstić information content (AvgIpc) is 2.38. The van der Waals surface area contributed by atoms with E-state index in [0.717, 1.165) is 17.9 Å². The molecule has 0 aliphatic rings. The van der Waals surface area contributed by atoms with Crippen LogP contribution < -0.4 is 15.4 Å². The maximum atomic E-state index is 11.5. The minimum absolute atomic E-state index is 0.102. The van der Waals surface area contributed by atoms with Crippen LogP contribution in [0, 0.1) is 5.92 Å². The third kappa shape index (κ3) is 5.57. The van der Waals surface area contributed by atoms with Crippen molar-refractivity contribution >= 4 is 28.9 Å². The molecule has 0 aliphatic carbocycles. The van der Waals surface area contributed by atoms with E-state index < -0.39 is 0 Å². The molecule has 110 valence electrons. The van der Waals surface area contributed by atoms with E-state index in [-0.39, 0.29) is 17.9 Å². The molecule has 1 amide bonds. The topological polar surface area (TPSA) is 50.4 Å². The van der Waals surface area contributed by atoms with Gasteiger partial charge < -0.3 is 15.4 Å². The van der Waals surface area contributed by atoms with Gasteiger partial charge in [0.05, 0.1) is 6.10 Å². The van der Waals surface area contributed by atoms with Crippen molar-refractivity contribution in [3.05, 3.63) is 24.3 Å². The summed E-state index contributed by atoms with van der Waals surface area (Å²) in [5, 5.41) is 5.91. The van der Waals surface area contributed by atoms with Crippen molar-refractivity contribution in [3.63, 3.8) is 0 Å². The van der Waals surface area contributed by atoms with Gasteiger partial charge >= 0.3 is 0 Å². The van der Waals surface area contributed by atoms with Crippen molar-refractivity contribution in [1.29, 1.82) is 0 Å². The highest BCUT2D eigenvalue weighted by Crippen LogP contribution is 2.19. The standard InChI is InChI=1S/C15H22N2O2S/c1-5-11(4)19-13-8-6-7-12(9-13)16-15(20)17-14(18)10(2)3/h6-11H,5H2,1-4H3,(H2,16,17,18,20). The Kier molecular flexibility index (Phi) is 6.45. The molecule has 0 saturated carbocycles. The second kappa shape index (κ2) is 7.85. The number of hydrogen-bond acceptors (Lipinski definition) is 3. The first-order chi connectivity index (χ1) is 9.42. The summed E-state index contributed by atoms with van der Waals surface area (Å²) in [4.78, 5) is 11.5. The van der Waals surface area contributed by atoms with Gasteiger partial charge in [0.2, 0.25) is 5.91 Å². The smallest absolute Gasteiger partial charge is 0.228 e. The molecule has 1 aromatic rings. The van der Waals surface area contributed by atoms with E-state index in [4.69, 9.17) is 17.0 Å². The van der Waals surface area contributed by atoms with Gasteiger partial charge in [0.15, 0.2) is 5.11 Å². The Labute approximate surface area is 125 Å². The van der Waals surface area contributed by atoms with Crippen molar-refractivity contribution < 1.29 is 9.53 Å². The van der Waals surface area contributed by atoms with Crippen molar-refractivity contribution in [2.45, 2.75) is 40.2 Å². The first-order valence-electron chi connectivity index (χ1n) is 6.81. The van der Waals surface area contributed by atoms with Crippen molar-refractivity contribution in [3.8, 4) is 5.75 Å². The van der Waals surface area contributed by atoms with Gasteiger partial charge in [-0.05, 0) is 37.7 Å². The zero-order valence-corrected chi connectivity index (χ0v) is 13.2. The molecule has 1 unspecified atom stereocenters. The van der Waals surface area contributed by atoms with Gasteiger partial charge in [0.25, 0.3) is 0 Å². The Balaban J connectivity index is 2.62. The molecular formula is C15H22N2O2S. The van der Waals surface area contributed by atoms with Gasteiger partial charge in [-0.3, -0.25) is 4.79 Å². The Morgan fingerprint density at radius 1 is 1.35 bits per heavy atom. The van der Waals surface area contributed by atoms with E-state index in [1.165, 1.54) is 0 Å². The molecule has 1 rings (SSSR count). The van der Waals surface area contributed by atoms with E-state index in [0.29, 0.717) is 5.11 Å². The molecule has 1 aromatic carbocycles. The molecule has 2 N–H and O–H groups in total. The number of hydrogen-bond donors (Lipinski definition) is 2. The maximum absolute atomic E-state index is 11.5. The first-order valence-corrected chi connectivity index (χ1v) is 7.21. The number of anilines is 1. The lowest BCUT2D eigenvalue weighted by atomic mass is 10.2. The molecule has 20 heavy (non-hydrogen) atoms. The van der Waals surface area contributed by atoms with Crippen LogP contribution in [-0.4, -0.2) is 17.1 Å².